The fourth-order valence-electron chi connectivity index (χ4n) is 2.73. The maximum atomic E-state index is 12.7. The Labute approximate surface area is 189 Å². The van der Waals surface area contributed by atoms with Crippen molar-refractivity contribution in [3.05, 3.63) is 64.6 Å². The zero-order valence-electron chi connectivity index (χ0n) is 17.9. The van der Waals surface area contributed by atoms with Crippen molar-refractivity contribution < 1.29 is 28.6 Å². The molecule has 2 aromatic rings. The number of benzene rings is 2. The first-order valence-corrected chi connectivity index (χ1v) is 10.6. The van der Waals surface area contributed by atoms with Gasteiger partial charge in [-0.05, 0) is 60.7 Å². The summed E-state index contributed by atoms with van der Waals surface area (Å²) in [4.78, 5) is 42.4. The van der Waals surface area contributed by atoms with E-state index in [9.17, 15) is 14.4 Å². The minimum absolute atomic E-state index is 0.198. The van der Waals surface area contributed by atoms with Crippen LogP contribution >= 0.6 is 11.8 Å². The number of likely N-dealkylation sites (N-methyl/N-ethyl adjacent to an activating group) is 1. The van der Waals surface area contributed by atoms with E-state index in [1.165, 1.54) is 23.8 Å². The van der Waals surface area contributed by atoms with Crippen molar-refractivity contribution in [3.8, 4) is 5.75 Å². The van der Waals surface area contributed by atoms with Gasteiger partial charge in [-0.1, -0.05) is 18.2 Å². The molecular formula is C23H22N2O6S. The summed E-state index contributed by atoms with van der Waals surface area (Å²) < 4.78 is 15.0. The molecule has 1 aliphatic heterocycles. The predicted molar refractivity (Wildman–Crippen MR) is 122 cm³/mol. The summed E-state index contributed by atoms with van der Waals surface area (Å²) in [5, 5.41) is 0.486. The Bertz CT molecular complexity index is 1100. The van der Waals surface area contributed by atoms with E-state index in [4.69, 9.17) is 9.47 Å². The van der Waals surface area contributed by atoms with Gasteiger partial charge in [-0.25, -0.2) is 14.6 Å². The molecule has 0 unspecified atom stereocenters. The van der Waals surface area contributed by atoms with Crippen molar-refractivity contribution in [2.24, 2.45) is 4.99 Å². The molecule has 0 bridgehead atoms. The van der Waals surface area contributed by atoms with E-state index in [1.807, 2.05) is 6.07 Å². The lowest BCUT2D eigenvalue weighted by Gasteiger charge is -2.08. The van der Waals surface area contributed by atoms with E-state index in [1.54, 1.807) is 62.5 Å². The van der Waals surface area contributed by atoms with Crippen molar-refractivity contribution >= 4 is 46.5 Å². The molecular weight excluding hydrogens is 432 g/mol. The molecule has 0 atom stereocenters. The molecule has 1 fully saturated rings. The lowest BCUT2D eigenvalue weighted by molar-refractivity contribution is -0.142. The molecule has 1 heterocycles. The number of amides is 1. The highest BCUT2D eigenvalue weighted by Gasteiger charge is 2.30. The van der Waals surface area contributed by atoms with Gasteiger partial charge in [-0.2, -0.15) is 0 Å². The Morgan fingerprint density at radius 2 is 1.94 bits per heavy atom. The summed E-state index contributed by atoms with van der Waals surface area (Å²) in [5.74, 6) is -0.618. The molecule has 1 saturated heterocycles. The number of hydrogen-bond acceptors (Lipinski definition) is 8. The molecule has 32 heavy (non-hydrogen) atoms. The first-order chi connectivity index (χ1) is 15.4. The topological polar surface area (TPSA) is 94.5 Å². The van der Waals surface area contributed by atoms with Crippen LogP contribution in [0, 0.1) is 0 Å². The maximum absolute atomic E-state index is 12.7. The number of carbonyl (C=O) groups excluding carboxylic acids is 3. The number of methoxy groups -OCH3 is 1. The quantitative estimate of drug-likeness (QED) is 0.466. The Morgan fingerprint density at radius 1 is 1.16 bits per heavy atom. The molecule has 2 aromatic carbocycles. The molecule has 3 rings (SSSR count). The van der Waals surface area contributed by atoms with Crippen LogP contribution in [0.5, 0.6) is 5.75 Å². The number of rotatable bonds is 7. The van der Waals surface area contributed by atoms with Gasteiger partial charge in [0, 0.05) is 7.05 Å². The van der Waals surface area contributed by atoms with Crippen LogP contribution in [-0.4, -0.2) is 55.3 Å². The predicted octanol–water partition coefficient (Wildman–Crippen LogP) is 3.65. The van der Waals surface area contributed by atoms with E-state index in [2.05, 4.69) is 9.73 Å². The second-order valence-corrected chi connectivity index (χ2v) is 7.59. The van der Waals surface area contributed by atoms with Crippen LogP contribution in [0.4, 0.5) is 5.69 Å². The summed E-state index contributed by atoms with van der Waals surface area (Å²) in [6, 6.07) is 13.8. The van der Waals surface area contributed by atoms with Crippen molar-refractivity contribution in [2.45, 2.75) is 6.92 Å². The standard InChI is InChI=1S/C23H22N2O6S/c1-4-30-22(28)16-8-6-9-17(13-16)24-23-25(2)21(27)19(32-23)12-15-7-5-10-18(11-15)31-14-20(26)29-3/h5-13H,4,14H2,1-3H3. The van der Waals surface area contributed by atoms with Gasteiger partial charge >= 0.3 is 11.9 Å². The van der Waals surface area contributed by atoms with Gasteiger partial charge in [0.25, 0.3) is 5.91 Å². The van der Waals surface area contributed by atoms with Crippen LogP contribution in [0.25, 0.3) is 6.08 Å². The average Bonchev–Trinajstić information content (AvgIpc) is 3.05. The molecule has 1 aliphatic rings. The third-order valence-electron chi connectivity index (χ3n) is 4.33. The lowest BCUT2D eigenvalue weighted by atomic mass is 10.2. The SMILES string of the molecule is CCOC(=O)c1cccc(N=C2SC(=Cc3cccc(OCC(=O)OC)c3)C(=O)N2C)c1. The number of amidine groups is 1. The summed E-state index contributed by atoms with van der Waals surface area (Å²) in [5.41, 5.74) is 1.67. The van der Waals surface area contributed by atoms with Crippen LogP contribution in [0.15, 0.2) is 58.4 Å². The van der Waals surface area contributed by atoms with E-state index < -0.39 is 11.9 Å². The van der Waals surface area contributed by atoms with Gasteiger partial charge in [0.05, 0.1) is 29.9 Å². The highest BCUT2D eigenvalue weighted by molar-refractivity contribution is 8.18. The number of ether oxygens (including phenoxy) is 3. The van der Waals surface area contributed by atoms with Crippen LogP contribution in [-0.2, 0) is 19.1 Å². The molecule has 0 aliphatic carbocycles. The lowest BCUT2D eigenvalue weighted by Crippen LogP contribution is -2.23. The highest BCUT2D eigenvalue weighted by Crippen LogP contribution is 2.33. The van der Waals surface area contributed by atoms with Crippen LogP contribution in [0.1, 0.15) is 22.8 Å². The molecule has 166 valence electrons. The minimum atomic E-state index is -0.482. The number of aliphatic imine (C=N–C) groups is 1. The Morgan fingerprint density at radius 3 is 2.69 bits per heavy atom. The van der Waals surface area contributed by atoms with Crippen molar-refractivity contribution in [1.82, 2.24) is 4.90 Å². The van der Waals surface area contributed by atoms with E-state index in [-0.39, 0.29) is 19.1 Å². The Balaban J connectivity index is 1.79. The first-order valence-electron chi connectivity index (χ1n) is 9.74. The van der Waals surface area contributed by atoms with Gasteiger partial charge in [0.1, 0.15) is 5.75 Å². The smallest absolute Gasteiger partial charge is 0.343 e. The van der Waals surface area contributed by atoms with Gasteiger partial charge < -0.3 is 14.2 Å². The van der Waals surface area contributed by atoms with Crippen LogP contribution in [0.3, 0.4) is 0 Å². The largest absolute Gasteiger partial charge is 0.482 e. The van der Waals surface area contributed by atoms with Gasteiger partial charge in [-0.15, -0.1) is 0 Å². The molecule has 9 heteroatoms. The number of thioether (sulfide) groups is 1. The van der Waals surface area contributed by atoms with Gasteiger partial charge in [-0.3, -0.25) is 9.69 Å². The van der Waals surface area contributed by atoms with Crippen molar-refractivity contribution in [2.75, 3.05) is 27.4 Å². The number of esters is 2. The minimum Gasteiger partial charge on any atom is -0.482 e. The zero-order valence-corrected chi connectivity index (χ0v) is 18.7. The fraction of sp³-hybridized carbons (Fsp3) is 0.217. The second kappa shape index (κ2) is 10.6. The number of carbonyl (C=O) groups is 3. The fourth-order valence-corrected chi connectivity index (χ4v) is 3.71. The average molecular weight is 455 g/mol. The number of nitrogens with zero attached hydrogens (tertiary/aromatic N) is 2. The van der Waals surface area contributed by atoms with Gasteiger partial charge in [0.15, 0.2) is 11.8 Å². The molecule has 0 aromatic heterocycles. The van der Waals surface area contributed by atoms with Crippen molar-refractivity contribution in [1.29, 1.82) is 0 Å². The Kier molecular flexibility index (Phi) is 7.67. The molecule has 0 N–H and O–H groups in total. The van der Waals surface area contributed by atoms with E-state index in [0.717, 1.165) is 5.56 Å². The normalized spacial score (nSPS) is 15.8. The third-order valence-corrected chi connectivity index (χ3v) is 5.39. The molecule has 0 radical (unpaired) electrons. The van der Waals surface area contributed by atoms with E-state index >= 15 is 0 Å². The summed E-state index contributed by atoms with van der Waals surface area (Å²) in [6.45, 7) is 1.83. The summed E-state index contributed by atoms with van der Waals surface area (Å²) in [6.07, 6.45) is 1.73. The van der Waals surface area contributed by atoms with Crippen LogP contribution in [0.2, 0.25) is 0 Å². The molecule has 0 spiro atoms. The second-order valence-electron chi connectivity index (χ2n) is 6.58. The number of hydrogen-bond donors (Lipinski definition) is 0. The third kappa shape index (κ3) is 5.76. The highest BCUT2D eigenvalue weighted by atomic mass is 32.2. The maximum Gasteiger partial charge on any atom is 0.343 e. The molecule has 8 nitrogen and oxygen atoms in total. The van der Waals surface area contributed by atoms with Crippen LogP contribution < -0.4 is 4.74 Å². The van der Waals surface area contributed by atoms with Crippen molar-refractivity contribution in [3.63, 3.8) is 0 Å². The molecule has 1 amide bonds. The summed E-state index contributed by atoms with van der Waals surface area (Å²) in [7, 11) is 2.93. The zero-order chi connectivity index (χ0) is 23.1. The molecule has 0 saturated carbocycles. The van der Waals surface area contributed by atoms with E-state index in [0.29, 0.717) is 27.1 Å². The van der Waals surface area contributed by atoms with Gasteiger partial charge in [0.2, 0.25) is 0 Å². The summed E-state index contributed by atoms with van der Waals surface area (Å²) >= 11 is 1.23. The monoisotopic (exact) mass is 454 g/mol. The first kappa shape index (κ1) is 23.1. The Hall–Kier alpha value is -3.59.